The van der Waals surface area contributed by atoms with Gasteiger partial charge in [0, 0.05) is 17.9 Å². The van der Waals surface area contributed by atoms with Crippen LogP contribution in [0.4, 0.5) is 5.82 Å². The normalized spacial score (nSPS) is 20.1. The minimum Gasteiger partial charge on any atom is -0.384 e. The number of nitrogens with zero attached hydrogens (tertiary/aromatic N) is 1. The molecule has 2 rings (SSSR count). The van der Waals surface area contributed by atoms with Crippen molar-refractivity contribution in [2.45, 2.75) is 51.7 Å². The number of nitrogens with one attached hydrogen (secondary N) is 1. The average molecular weight is 277 g/mol. The number of nitrogen functional groups attached to an aromatic ring is 1. The van der Waals surface area contributed by atoms with Crippen molar-refractivity contribution in [3.8, 4) is 0 Å². The predicted molar refractivity (Wildman–Crippen MR) is 78.6 cm³/mol. The summed E-state index contributed by atoms with van der Waals surface area (Å²) in [6.07, 6.45) is 2.17. The van der Waals surface area contributed by atoms with Gasteiger partial charge in [-0.1, -0.05) is 13.8 Å². The van der Waals surface area contributed by atoms with Crippen LogP contribution in [-0.2, 0) is 4.74 Å². The molecule has 1 aromatic heterocycles. The van der Waals surface area contributed by atoms with Gasteiger partial charge in [-0.3, -0.25) is 4.79 Å². The molecule has 0 aliphatic carbocycles. The van der Waals surface area contributed by atoms with E-state index in [1.54, 1.807) is 12.1 Å². The highest BCUT2D eigenvalue weighted by Crippen LogP contribution is 2.18. The smallest absolute Gasteiger partial charge is 0.251 e. The van der Waals surface area contributed by atoms with E-state index in [4.69, 9.17) is 10.5 Å². The zero-order valence-corrected chi connectivity index (χ0v) is 12.3. The summed E-state index contributed by atoms with van der Waals surface area (Å²) < 4.78 is 5.59. The fourth-order valence-electron chi connectivity index (χ4n) is 2.38. The molecule has 2 heterocycles. The maximum atomic E-state index is 12.3. The predicted octanol–water partition coefficient (Wildman–Crippen LogP) is 2.08. The number of carbonyl (C=O) groups is 1. The Hall–Kier alpha value is -1.62. The van der Waals surface area contributed by atoms with Gasteiger partial charge in [-0.2, -0.15) is 0 Å². The van der Waals surface area contributed by atoms with E-state index in [2.05, 4.69) is 10.3 Å². The van der Waals surface area contributed by atoms with Gasteiger partial charge in [0.2, 0.25) is 0 Å². The summed E-state index contributed by atoms with van der Waals surface area (Å²) >= 11 is 0. The summed E-state index contributed by atoms with van der Waals surface area (Å²) in [5, 5.41) is 2.98. The topological polar surface area (TPSA) is 77.2 Å². The van der Waals surface area contributed by atoms with E-state index in [1.807, 2.05) is 20.8 Å². The number of anilines is 1. The number of aromatic nitrogens is 1. The number of ether oxygens (including phenoxy) is 1. The third-order valence-corrected chi connectivity index (χ3v) is 3.60. The van der Waals surface area contributed by atoms with E-state index in [0.717, 1.165) is 25.1 Å². The molecule has 1 fully saturated rings. The number of carbonyl (C=O) groups excluding carboxylic acids is 1. The van der Waals surface area contributed by atoms with Crippen molar-refractivity contribution in [2.75, 3.05) is 12.3 Å². The Morgan fingerprint density at radius 2 is 2.20 bits per heavy atom. The van der Waals surface area contributed by atoms with Crippen LogP contribution in [0, 0.1) is 0 Å². The monoisotopic (exact) mass is 277 g/mol. The van der Waals surface area contributed by atoms with Gasteiger partial charge in [0.25, 0.3) is 5.91 Å². The molecule has 3 N–H and O–H groups in total. The third kappa shape index (κ3) is 3.48. The first-order valence-corrected chi connectivity index (χ1v) is 7.17. The highest BCUT2D eigenvalue weighted by atomic mass is 16.5. The lowest BCUT2D eigenvalue weighted by Crippen LogP contribution is -2.40. The first-order valence-electron chi connectivity index (χ1n) is 7.17. The largest absolute Gasteiger partial charge is 0.384 e. The molecule has 0 radical (unpaired) electrons. The van der Waals surface area contributed by atoms with Gasteiger partial charge < -0.3 is 15.8 Å². The molecule has 0 bridgehead atoms. The molecular formula is C15H23N3O2. The van der Waals surface area contributed by atoms with E-state index in [0.29, 0.717) is 11.4 Å². The molecule has 5 nitrogen and oxygen atoms in total. The first-order chi connectivity index (χ1) is 9.47. The van der Waals surface area contributed by atoms with E-state index >= 15 is 0 Å². The van der Waals surface area contributed by atoms with Crippen LogP contribution in [0.15, 0.2) is 12.1 Å². The second kappa shape index (κ2) is 6.22. The van der Waals surface area contributed by atoms with Crippen LogP contribution in [0.2, 0.25) is 0 Å². The van der Waals surface area contributed by atoms with Crippen molar-refractivity contribution in [1.29, 1.82) is 0 Å². The minimum absolute atomic E-state index is 0.00175. The van der Waals surface area contributed by atoms with Crippen molar-refractivity contribution >= 4 is 11.7 Å². The third-order valence-electron chi connectivity index (χ3n) is 3.60. The molecule has 1 amide bonds. The second-order valence-electron chi connectivity index (χ2n) is 5.67. The van der Waals surface area contributed by atoms with E-state index in [-0.39, 0.29) is 24.0 Å². The van der Waals surface area contributed by atoms with Gasteiger partial charge in [0.1, 0.15) is 5.82 Å². The van der Waals surface area contributed by atoms with Crippen molar-refractivity contribution in [2.24, 2.45) is 0 Å². The lowest BCUT2D eigenvalue weighted by molar-refractivity contribution is 0.0712. The van der Waals surface area contributed by atoms with Crippen LogP contribution in [0.1, 0.15) is 55.6 Å². The van der Waals surface area contributed by atoms with Gasteiger partial charge in [0.05, 0.1) is 12.1 Å². The van der Waals surface area contributed by atoms with Gasteiger partial charge in [-0.05, 0) is 37.8 Å². The zero-order chi connectivity index (χ0) is 14.7. The van der Waals surface area contributed by atoms with E-state index in [9.17, 15) is 4.79 Å². The second-order valence-corrected chi connectivity index (χ2v) is 5.67. The summed E-state index contributed by atoms with van der Waals surface area (Å²) in [7, 11) is 0. The fourth-order valence-corrected chi connectivity index (χ4v) is 2.38. The molecular weight excluding hydrogens is 254 g/mol. The number of nitrogens with two attached hydrogens (primary N) is 1. The van der Waals surface area contributed by atoms with Crippen LogP contribution >= 0.6 is 0 Å². The van der Waals surface area contributed by atoms with Gasteiger partial charge in [-0.25, -0.2) is 4.98 Å². The zero-order valence-electron chi connectivity index (χ0n) is 12.3. The molecule has 2 unspecified atom stereocenters. The van der Waals surface area contributed by atoms with Crippen LogP contribution < -0.4 is 11.1 Å². The van der Waals surface area contributed by atoms with E-state index < -0.39 is 0 Å². The molecule has 0 saturated carbocycles. The summed E-state index contributed by atoms with van der Waals surface area (Å²) in [5.41, 5.74) is 7.17. The molecule has 20 heavy (non-hydrogen) atoms. The average Bonchev–Trinajstić information content (AvgIpc) is 2.91. The Morgan fingerprint density at radius 1 is 1.45 bits per heavy atom. The number of pyridine rings is 1. The van der Waals surface area contributed by atoms with Crippen LogP contribution in [0.5, 0.6) is 0 Å². The van der Waals surface area contributed by atoms with Crippen LogP contribution in [-0.4, -0.2) is 29.6 Å². The maximum absolute atomic E-state index is 12.3. The van der Waals surface area contributed by atoms with Crippen molar-refractivity contribution in [3.05, 3.63) is 23.4 Å². The molecule has 0 spiro atoms. The van der Waals surface area contributed by atoms with Gasteiger partial charge in [-0.15, -0.1) is 0 Å². The SMILES string of the molecule is CC(C)c1cc(C(=O)NC(C)C2CCCO2)cc(N)n1. The molecule has 1 aliphatic rings. The number of hydrogen-bond acceptors (Lipinski definition) is 4. The van der Waals surface area contributed by atoms with Crippen molar-refractivity contribution in [3.63, 3.8) is 0 Å². The summed E-state index contributed by atoms with van der Waals surface area (Å²) in [4.78, 5) is 16.5. The highest BCUT2D eigenvalue weighted by Gasteiger charge is 2.24. The Balaban J connectivity index is 2.08. The molecule has 5 heteroatoms. The number of hydrogen-bond donors (Lipinski definition) is 2. The van der Waals surface area contributed by atoms with E-state index in [1.165, 1.54) is 0 Å². The Labute approximate surface area is 119 Å². The molecule has 2 atom stereocenters. The summed E-state index contributed by atoms with van der Waals surface area (Å²) in [6, 6.07) is 3.42. The first kappa shape index (κ1) is 14.8. The quantitative estimate of drug-likeness (QED) is 0.883. The fraction of sp³-hybridized carbons (Fsp3) is 0.600. The van der Waals surface area contributed by atoms with Crippen molar-refractivity contribution < 1.29 is 9.53 Å². The maximum Gasteiger partial charge on any atom is 0.251 e. The summed E-state index contributed by atoms with van der Waals surface area (Å²) in [5.74, 6) is 0.496. The Kier molecular flexibility index (Phi) is 4.60. The van der Waals surface area contributed by atoms with Crippen LogP contribution in [0.3, 0.4) is 0 Å². The lowest BCUT2D eigenvalue weighted by Gasteiger charge is -2.20. The molecule has 1 aromatic rings. The molecule has 110 valence electrons. The Bertz CT molecular complexity index is 482. The molecule has 1 aliphatic heterocycles. The summed E-state index contributed by atoms with van der Waals surface area (Å²) in [6.45, 7) is 6.81. The standard InChI is InChI=1S/C15H23N3O2/c1-9(2)12-7-11(8-14(16)18-12)15(19)17-10(3)13-5-4-6-20-13/h7-10,13H,4-6H2,1-3H3,(H2,16,18)(H,17,19). The highest BCUT2D eigenvalue weighted by molar-refractivity contribution is 5.95. The minimum atomic E-state index is -0.121. The van der Waals surface area contributed by atoms with Gasteiger partial charge >= 0.3 is 0 Å². The molecule has 1 saturated heterocycles. The van der Waals surface area contributed by atoms with Crippen molar-refractivity contribution in [1.82, 2.24) is 10.3 Å². The Morgan fingerprint density at radius 3 is 2.80 bits per heavy atom. The number of amides is 1. The lowest BCUT2D eigenvalue weighted by atomic mass is 10.1. The molecule has 0 aromatic carbocycles. The van der Waals surface area contributed by atoms with Crippen LogP contribution in [0.25, 0.3) is 0 Å². The number of rotatable bonds is 4. The van der Waals surface area contributed by atoms with Gasteiger partial charge in [0.15, 0.2) is 0 Å².